The molecule has 1 aromatic heterocycles. The molecule has 4 N–H and O–H groups in total. The molecule has 0 saturated heterocycles. The Morgan fingerprint density at radius 1 is 1.29 bits per heavy atom. The average Bonchev–Trinajstić information content (AvgIpc) is 2.76. The predicted molar refractivity (Wildman–Crippen MR) is 116 cm³/mol. The smallest absolute Gasteiger partial charge is 0.342 e. The number of hydrazone groups is 1. The van der Waals surface area contributed by atoms with Gasteiger partial charge in [0.05, 0.1) is 12.8 Å². The highest BCUT2D eigenvalue weighted by atomic mass is 32.2. The van der Waals surface area contributed by atoms with Crippen molar-refractivity contribution in [2.24, 2.45) is 5.10 Å². The number of hydrogen-bond acceptors (Lipinski definition) is 8. The molecule has 160 valence electrons. The van der Waals surface area contributed by atoms with Crippen molar-refractivity contribution in [2.75, 3.05) is 6.61 Å². The number of H-pyrrole nitrogens is 2. The number of nitrogens with one attached hydrogen (secondary N) is 3. The third-order valence-corrected chi connectivity index (χ3v) is 5.14. The highest BCUT2D eigenvalue weighted by Crippen LogP contribution is 2.32. The molecule has 0 aliphatic carbocycles. The Hall–Kier alpha value is -3.86. The van der Waals surface area contributed by atoms with Crippen LogP contribution in [0.1, 0.15) is 23.3 Å². The molecule has 0 fully saturated rings. The Morgan fingerprint density at radius 3 is 2.77 bits per heavy atom. The van der Waals surface area contributed by atoms with Gasteiger partial charge in [-0.25, -0.2) is 15.3 Å². The van der Waals surface area contributed by atoms with Gasteiger partial charge in [0.1, 0.15) is 5.25 Å². The summed E-state index contributed by atoms with van der Waals surface area (Å²) in [4.78, 5) is 38.1. The lowest BCUT2D eigenvalue weighted by molar-refractivity contribution is -0.120. The molecule has 2 aromatic carbocycles. The fourth-order valence-corrected chi connectivity index (χ4v) is 3.47. The van der Waals surface area contributed by atoms with Gasteiger partial charge < -0.3 is 9.84 Å². The van der Waals surface area contributed by atoms with Gasteiger partial charge in [0.2, 0.25) is 0 Å². The van der Waals surface area contributed by atoms with E-state index in [2.05, 4.69) is 25.7 Å². The van der Waals surface area contributed by atoms with Gasteiger partial charge in [-0.15, -0.1) is 0 Å². The van der Waals surface area contributed by atoms with Crippen molar-refractivity contribution < 1.29 is 14.6 Å². The Morgan fingerprint density at radius 2 is 2.06 bits per heavy atom. The summed E-state index contributed by atoms with van der Waals surface area (Å²) in [5.41, 5.74) is 2.23. The molecular formula is C20H19N5O5S. The number of nitrogens with zero attached hydrogens (tertiary/aromatic N) is 2. The van der Waals surface area contributed by atoms with Gasteiger partial charge in [0.15, 0.2) is 16.5 Å². The van der Waals surface area contributed by atoms with Crippen LogP contribution in [-0.2, 0) is 4.79 Å². The molecule has 0 saturated carbocycles. The van der Waals surface area contributed by atoms with Crippen LogP contribution in [0.3, 0.4) is 0 Å². The molecule has 31 heavy (non-hydrogen) atoms. The first-order chi connectivity index (χ1) is 15.0. The Bertz CT molecular complexity index is 1190. The maximum Gasteiger partial charge on any atom is 0.342 e. The molecule has 1 heterocycles. The van der Waals surface area contributed by atoms with Crippen LogP contribution in [0.15, 0.2) is 68.2 Å². The second-order valence-corrected chi connectivity index (χ2v) is 7.21. The van der Waals surface area contributed by atoms with Crippen molar-refractivity contribution in [3.8, 4) is 11.5 Å². The van der Waals surface area contributed by atoms with E-state index in [1.165, 1.54) is 12.3 Å². The van der Waals surface area contributed by atoms with E-state index in [0.717, 1.165) is 11.8 Å². The predicted octanol–water partition coefficient (Wildman–Crippen LogP) is 1.55. The zero-order valence-electron chi connectivity index (χ0n) is 16.4. The normalized spacial score (nSPS) is 11.9. The van der Waals surface area contributed by atoms with Crippen LogP contribution in [0.25, 0.3) is 0 Å². The Kier molecular flexibility index (Phi) is 7.22. The molecule has 3 rings (SSSR count). The highest BCUT2D eigenvalue weighted by molar-refractivity contribution is 8.00. The molecule has 0 radical (unpaired) electrons. The maximum atomic E-state index is 12.8. The summed E-state index contributed by atoms with van der Waals surface area (Å²) >= 11 is 0.879. The van der Waals surface area contributed by atoms with Gasteiger partial charge >= 0.3 is 5.69 Å². The number of ether oxygens (including phenoxy) is 1. The number of phenolic OH excluding ortho intramolecular Hbond substituents is 1. The highest BCUT2D eigenvalue weighted by Gasteiger charge is 2.24. The summed E-state index contributed by atoms with van der Waals surface area (Å²) in [6.45, 7) is 2.18. The lowest BCUT2D eigenvalue weighted by atomic mass is 10.1. The van der Waals surface area contributed by atoms with Crippen LogP contribution in [0.4, 0.5) is 0 Å². The van der Waals surface area contributed by atoms with Crippen molar-refractivity contribution in [3.05, 3.63) is 80.5 Å². The average molecular weight is 441 g/mol. The van der Waals surface area contributed by atoms with Crippen LogP contribution in [0.2, 0.25) is 0 Å². The molecule has 0 bridgehead atoms. The lowest BCUT2D eigenvalue weighted by Crippen LogP contribution is -2.28. The second kappa shape index (κ2) is 10.3. The Balaban J connectivity index is 1.79. The van der Waals surface area contributed by atoms with Crippen molar-refractivity contribution >= 4 is 23.9 Å². The molecule has 3 aromatic rings. The summed E-state index contributed by atoms with van der Waals surface area (Å²) < 4.78 is 5.32. The number of thioether (sulfide) groups is 1. The van der Waals surface area contributed by atoms with Crippen LogP contribution in [0.5, 0.6) is 11.5 Å². The van der Waals surface area contributed by atoms with E-state index in [0.29, 0.717) is 23.5 Å². The zero-order valence-corrected chi connectivity index (χ0v) is 17.2. The largest absolute Gasteiger partial charge is 0.504 e. The molecule has 11 heteroatoms. The van der Waals surface area contributed by atoms with E-state index in [1.54, 1.807) is 49.4 Å². The van der Waals surface area contributed by atoms with E-state index in [1.807, 2.05) is 0 Å². The molecule has 1 amide bonds. The van der Waals surface area contributed by atoms with Gasteiger partial charge in [0.25, 0.3) is 11.5 Å². The summed E-state index contributed by atoms with van der Waals surface area (Å²) in [5.74, 6) is -0.190. The lowest BCUT2D eigenvalue weighted by Gasteiger charge is -2.14. The van der Waals surface area contributed by atoms with Gasteiger partial charge in [-0.1, -0.05) is 42.1 Å². The Labute approximate surface area is 180 Å². The number of rotatable bonds is 8. The topological polar surface area (TPSA) is 150 Å². The van der Waals surface area contributed by atoms with E-state index in [4.69, 9.17) is 4.74 Å². The number of amides is 1. The summed E-state index contributed by atoms with van der Waals surface area (Å²) in [5, 5.41) is 18.7. The minimum absolute atomic E-state index is 0.00204. The van der Waals surface area contributed by atoms with Crippen molar-refractivity contribution in [3.63, 3.8) is 0 Å². The molecule has 0 aliphatic rings. The van der Waals surface area contributed by atoms with Gasteiger partial charge in [-0.05, 0) is 36.2 Å². The van der Waals surface area contributed by atoms with Gasteiger partial charge in [-0.2, -0.15) is 10.2 Å². The first-order valence-electron chi connectivity index (χ1n) is 9.17. The summed E-state index contributed by atoms with van der Waals surface area (Å²) in [6.07, 6.45) is 1.40. The fourth-order valence-electron chi connectivity index (χ4n) is 2.54. The third kappa shape index (κ3) is 5.82. The van der Waals surface area contributed by atoms with Gasteiger partial charge in [0, 0.05) is 0 Å². The number of benzene rings is 2. The number of aromatic amines is 2. The monoisotopic (exact) mass is 441 g/mol. The summed E-state index contributed by atoms with van der Waals surface area (Å²) in [7, 11) is 0. The first kappa shape index (κ1) is 21.8. The molecular weight excluding hydrogens is 422 g/mol. The molecule has 1 atom stereocenters. The van der Waals surface area contributed by atoms with E-state index in [-0.39, 0.29) is 10.8 Å². The van der Waals surface area contributed by atoms with Crippen molar-refractivity contribution in [2.45, 2.75) is 17.2 Å². The van der Waals surface area contributed by atoms with E-state index < -0.39 is 22.4 Å². The minimum Gasteiger partial charge on any atom is -0.504 e. The first-order valence-corrected chi connectivity index (χ1v) is 10.0. The van der Waals surface area contributed by atoms with Crippen molar-refractivity contribution in [1.82, 2.24) is 20.6 Å². The van der Waals surface area contributed by atoms with Gasteiger partial charge in [-0.3, -0.25) is 14.6 Å². The van der Waals surface area contributed by atoms with Crippen LogP contribution in [0, 0.1) is 0 Å². The van der Waals surface area contributed by atoms with Crippen molar-refractivity contribution in [1.29, 1.82) is 0 Å². The quantitative estimate of drug-likeness (QED) is 0.235. The summed E-state index contributed by atoms with van der Waals surface area (Å²) in [6, 6.07) is 13.4. The van der Waals surface area contributed by atoms with Crippen LogP contribution >= 0.6 is 11.8 Å². The molecule has 0 aliphatic heterocycles. The standard InChI is InChI=1S/C20H19N5O5S/c1-2-30-15-10-12(8-9-14(15)26)11-21-23-17(27)16(13-6-4-3-5-7-13)31-19-18(28)22-20(29)25-24-19/h3-11,16,26H,2H2,1H3,(H,23,27)(H2,22,25,28,29)/b21-11-. The molecule has 0 spiro atoms. The number of aromatic hydroxyl groups is 1. The third-order valence-electron chi connectivity index (χ3n) is 3.92. The van der Waals surface area contributed by atoms with E-state index in [9.17, 15) is 19.5 Å². The fraction of sp³-hybridized carbons (Fsp3) is 0.150. The van der Waals surface area contributed by atoms with Crippen LogP contribution < -0.4 is 21.4 Å². The van der Waals surface area contributed by atoms with E-state index >= 15 is 0 Å². The second-order valence-electron chi connectivity index (χ2n) is 6.12. The van der Waals surface area contributed by atoms with Crippen LogP contribution in [-0.4, -0.2) is 39.0 Å². The number of carbonyl (C=O) groups is 1. The molecule has 10 nitrogen and oxygen atoms in total. The molecule has 1 unspecified atom stereocenters. The maximum absolute atomic E-state index is 12.8. The SMILES string of the molecule is CCOc1cc(/C=N\NC(=O)C(Sc2n[nH]c(=O)[nH]c2=O)c2ccccc2)ccc1O. The zero-order chi connectivity index (χ0) is 22.2. The number of hydrogen-bond donors (Lipinski definition) is 4. The number of carbonyl (C=O) groups excluding carboxylic acids is 1. The number of aromatic nitrogens is 3. The number of phenols is 1. The minimum atomic E-state index is -0.850.